The number of nitrogens with zero attached hydrogens (tertiary/aromatic N) is 2. The molecule has 0 bridgehead atoms. The Morgan fingerprint density at radius 1 is 1.41 bits per heavy atom. The molecule has 0 aromatic rings. The molecule has 2 N–H and O–H groups in total. The third kappa shape index (κ3) is 7.62. The normalized spacial score (nSPS) is 16.4. The van der Waals surface area contributed by atoms with Gasteiger partial charge in [-0.25, -0.2) is 0 Å². The number of ether oxygens (including phenoxy) is 1. The summed E-state index contributed by atoms with van der Waals surface area (Å²) in [6.45, 7) is 8.06. The summed E-state index contributed by atoms with van der Waals surface area (Å²) in [4.78, 5) is 18.4. The zero-order valence-electron chi connectivity index (χ0n) is 14.1. The fraction of sp³-hybridized carbons (Fsp3) is 0.867. The number of amides is 1. The van der Waals surface area contributed by atoms with Crippen molar-refractivity contribution in [2.75, 3.05) is 39.9 Å². The maximum Gasteiger partial charge on any atom is 0.222 e. The number of nitrogens with one attached hydrogen (secondary N) is 2. The van der Waals surface area contributed by atoms with Crippen molar-refractivity contribution in [2.24, 2.45) is 4.99 Å². The summed E-state index contributed by atoms with van der Waals surface area (Å²) in [5.41, 5.74) is 0. The maximum atomic E-state index is 11.8. The van der Waals surface area contributed by atoms with Gasteiger partial charge < -0.3 is 20.3 Å². The predicted molar refractivity (Wildman–Crippen MR) is 101 cm³/mol. The lowest BCUT2D eigenvalue weighted by molar-refractivity contribution is -0.129. The summed E-state index contributed by atoms with van der Waals surface area (Å²) < 4.78 is 5.02. The summed E-state index contributed by atoms with van der Waals surface area (Å²) in [5.74, 6) is 1.12. The molecule has 1 atom stereocenters. The summed E-state index contributed by atoms with van der Waals surface area (Å²) >= 11 is 0. The molecule has 1 saturated heterocycles. The lowest BCUT2D eigenvalue weighted by Gasteiger charge is -2.26. The average Bonchev–Trinajstić information content (AvgIpc) is 2.90. The molecule has 1 rings (SSSR count). The molecule has 1 heterocycles. The van der Waals surface area contributed by atoms with Crippen molar-refractivity contribution in [3.8, 4) is 0 Å². The van der Waals surface area contributed by atoms with Gasteiger partial charge in [-0.15, -0.1) is 24.0 Å². The molecule has 1 aliphatic rings. The van der Waals surface area contributed by atoms with Gasteiger partial charge in [-0.1, -0.05) is 6.92 Å². The van der Waals surface area contributed by atoms with E-state index in [2.05, 4.69) is 22.5 Å². The molecule has 0 saturated carbocycles. The largest absolute Gasteiger partial charge is 0.383 e. The third-order valence-corrected chi connectivity index (χ3v) is 3.70. The van der Waals surface area contributed by atoms with Gasteiger partial charge in [0.2, 0.25) is 5.91 Å². The Morgan fingerprint density at radius 3 is 2.73 bits per heavy atom. The molecule has 0 aromatic carbocycles. The van der Waals surface area contributed by atoms with Crippen LogP contribution in [0.2, 0.25) is 0 Å². The smallest absolute Gasteiger partial charge is 0.222 e. The highest BCUT2D eigenvalue weighted by molar-refractivity contribution is 14.0. The fourth-order valence-electron chi connectivity index (χ4n) is 2.57. The van der Waals surface area contributed by atoms with Crippen LogP contribution >= 0.6 is 24.0 Å². The summed E-state index contributed by atoms with van der Waals surface area (Å²) in [5, 5.41) is 6.44. The van der Waals surface area contributed by atoms with E-state index in [0.29, 0.717) is 25.0 Å². The Labute approximate surface area is 151 Å². The van der Waals surface area contributed by atoms with Crippen LogP contribution in [0.15, 0.2) is 4.99 Å². The van der Waals surface area contributed by atoms with Crippen LogP contribution < -0.4 is 10.6 Å². The minimum Gasteiger partial charge on any atom is -0.383 e. The number of halogens is 1. The number of carbonyl (C=O) groups is 1. The summed E-state index contributed by atoms with van der Waals surface area (Å²) in [7, 11) is 1.69. The number of aliphatic imine (C=N–C) groups is 1. The molecule has 6 nitrogen and oxygen atoms in total. The van der Waals surface area contributed by atoms with E-state index in [0.717, 1.165) is 51.4 Å². The van der Waals surface area contributed by atoms with Crippen molar-refractivity contribution in [2.45, 2.75) is 45.6 Å². The topological polar surface area (TPSA) is 66.0 Å². The zero-order valence-corrected chi connectivity index (χ0v) is 16.4. The summed E-state index contributed by atoms with van der Waals surface area (Å²) in [6.07, 6.45) is 3.62. The monoisotopic (exact) mass is 426 g/mol. The summed E-state index contributed by atoms with van der Waals surface area (Å²) in [6, 6.07) is 0.325. The van der Waals surface area contributed by atoms with Gasteiger partial charge in [0.05, 0.1) is 6.61 Å². The second-order valence-corrected chi connectivity index (χ2v) is 5.22. The van der Waals surface area contributed by atoms with Crippen molar-refractivity contribution in [1.82, 2.24) is 15.5 Å². The lowest BCUT2D eigenvalue weighted by atomic mass is 10.1. The number of likely N-dealkylation sites (tertiary alicyclic amines) is 1. The molecule has 0 aromatic heterocycles. The number of hydrogen-bond acceptors (Lipinski definition) is 3. The molecule has 0 spiro atoms. The van der Waals surface area contributed by atoms with Gasteiger partial charge in [-0.05, 0) is 26.2 Å². The number of hydrogen-bond donors (Lipinski definition) is 2. The first-order chi connectivity index (χ1) is 10.2. The van der Waals surface area contributed by atoms with Crippen molar-refractivity contribution in [3.63, 3.8) is 0 Å². The molecule has 0 aliphatic carbocycles. The molecule has 1 fully saturated rings. The van der Waals surface area contributed by atoms with Crippen molar-refractivity contribution < 1.29 is 9.53 Å². The first-order valence-corrected chi connectivity index (χ1v) is 8.03. The minimum atomic E-state index is 0. The third-order valence-electron chi connectivity index (χ3n) is 3.70. The number of rotatable bonds is 9. The molecular formula is C15H31IN4O2. The van der Waals surface area contributed by atoms with E-state index in [-0.39, 0.29) is 24.0 Å². The average molecular weight is 426 g/mol. The Balaban J connectivity index is 0.00000441. The van der Waals surface area contributed by atoms with Gasteiger partial charge >= 0.3 is 0 Å². The van der Waals surface area contributed by atoms with Gasteiger partial charge in [-0.2, -0.15) is 0 Å². The second-order valence-electron chi connectivity index (χ2n) is 5.22. The molecule has 0 radical (unpaired) electrons. The van der Waals surface area contributed by atoms with Crippen molar-refractivity contribution in [1.29, 1.82) is 0 Å². The van der Waals surface area contributed by atoms with E-state index in [9.17, 15) is 4.79 Å². The van der Waals surface area contributed by atoms with Crippen LogP contribution in [0.25, 0.3) is 0 Å². The standard InChI is InChI=1S/C15H30N4O2.HI/c1-4-13(19-11-6-7-14(19)20)8-9-17-15(16-5-2)18-10-12-21-3;/h13H,4-12H2,1-3H3,(H2,16,17,18);1H. The van der Waals surface area contributed by atoms with Crippen LogP contribution in [-0.2, 0) is 9.53 Å². The van der Waals surface area contributed by atoms with Crippen LogP contribution in [0.4, 0.5) is 0 Å². The molecule has 7 heteroatoms. The molecular weight excluding hydrogens is 395 g/mol. The maximum absolute atomic E-state index is 11.8. The fourth-order valence-corrected chi connectivity index (χ4v) is 2.57. The van der Waals surface area contributed by atoms with Crippen LogP contribution in [0.3, 0.4) is 0 Å². The minimum absolute atomic E-state index is 0. The Hall–Kier alpha value is -0.570. The van der Waals surface area contributed by atoms with Gasteiger partial charge in [0.15, 0.2) is 5.96 Å². The van der Waals surface area contributed by atoms with Crippen LogP contribution in [0.1, 0.15) is 39.5 Å². The Bertz CT molecular complexity index is 340. The first kappa shape index (κ1) is 21.4. The highest BCUT2D eigenvalue weighted by Crippen LogP contribution is 2.17. The van der Waals surface area contributed by atoms with Crippen LogP contribution in [-0.4, -0.2) is 62.7 Å². The first-order valence-electron chi connectivity index (χ1n) is 8.03. The zero-order chi connectivity index (χ0) is 15.5. The molecule has 1 aliphatic heterocycles. The molecule has 22 heavy (non-hydrogen) atoms. The van der Waals surface area contributed by atoms with Crippen LogP contribution in [0.5, 0.6) is 0 Å². The quantitative estimate of drug-likeness (QED) is 0.255. The highest BCUT2D eigenvalue weighted by atomic mass is 127. The van der Waals surface area contributed by atoms with Gasteiger partial charge in [0.1, 0.15) is 0 Å². The van der Waals surface area contributed by atoms with Crippen molar-refractivity contribution in [3.05, 3.63) is 0 Å². The van der Waals surface area contributed by atoms with Crippen LogP contribution in [0, 0.1) is 0 Å². The SMILES string of the molecule is CCNC(=NCCC(CC)N1CCCC1=O)NCCOC.I. The number of guanidine groups is 1. The van der Waals surface area contributed by atoms with E-state index >= 15 is 0 Å². The van der Waals surface area contributed by atoms with E-state index in [4.69, 9.17) is 4.74 Å². The highest BCUT2D eigenvalue weighted by Gasteiger charge is 2.26. The number of methoxy groups -OCH3 is 1. The Morgan fingerprint density at radius 2 is 2.18 bits per heavy atom. The molecule has 130 valence electrons. The predicted octanol–water partition coefficient (Wildman–Crippen LogP) is 1.60. The van der Waals surface area contributed by atoms with E-state index in [1.165, 1.54) is 0 Å². The van der Waals surface area contributed by atoms with Gasteiger partial charge in [0.25, 0.3) is 0 Å². The van der Waals surface area contributed by atoms with Gasteiger partial charge in [-0.3, -0.25) is 9.79 Å². The molecule has 1 amide bonds. The second kappa shape index (κ2) is 12.9. The van der Waals surface area contributed by atoms with E-state index in [1.54, 1.807) is 7.11 Å². The Kier molecular flexibility index (Phi) is 12.6. The molecule has 1 unspecified atom stereocenters. The van der Waals surface area contributed by atoms with Gasteiger partial charge in [0, 0.05) is 45.8 Å². The van der Waals surface area contributed by atoms with Crippen molar-refractivity contribution >= 4 is 35.8 Å². The number of carbonyl (C=O) groups excluding carboxylic acids is 1. The van der Waals surface area contributed by atoms with E-state index < -0.39 is 0 Å². The lowest BCUT2D eigenvalue weighted by Crippen LogP contribution is -2.39. The van der Waals surface area contributed by atoms with E-state index in [1.807, 2.05) is 11.8 Å².